The zero-order valence-electron chi connectivity index (χ0n) is 9.87. The van der Waals surface area contributed by atoms with E-state index in [0.29, 0.717) is 0 Å². The van der Waals surface area contributed by atoms with Gasteiger partial charge in [-0.2, -0.15) is 0 Å². The SMILES string of the molecule is O=C1C(c2ccccc2)=S=C2Sc3ccccc3N12. The molecule has 2 heterocycles. The highest BCUT2D eigenvalue weighted by molar-refractivity contribution is 8.28. The third kappa shape index (κ3) is 1.60. The standard InChI is InChI=1S/C15H9NOS2/c17-14-13(10-6-2-1-3-7-10)19-15-16(14)11-8-4-5-9-12(11)18-15/h1-9H. The molecular formula is C15H9NOS2. The van der Waals surface area contributed by atoms with Crippen molar-refractivity contribution in [3.8, 4) is 0 Å². The molecule has 2 aromatic carbocycles. The number of nitrogens with zero attached hydrogens (tertiary/aromatic N) is 1. The van der Waals surface area contributed by atoms with Crippen molar-refractivity contribution in [2.45, 2.75) is 4.90 Å². The fourth-order valence-electron chi connectivity index (χ4n) is 2.23. The van der Waals surface area contributed by atoms with Crippen molar-refractivity contribution in [1.29, 1.82) is 0 Å². The molecule has 0 radical (unpaired) electrons. The summed E-state index contributed by atoms with van der Waals surface area (Å²) in [7, 11) is 1.57. The predicted molar refractivity (Wildman–Crippen MR) is 82.9 cm³/mol. The summed E-state index contributed by atoms with van der Waals surface area (Å²) in [6.45, 7) is 0. The van der Waals surface area contributed by atoms with Crippen LogP contribution in [0.5, 0.6) is 0 Å². The van der Waals surface area contributed by atoms with Crippen molar-refractivity contribution in [1.82, 2.24) is 0 Å². The average molecular weight is 283 g/mol. The van der Waals surface area contributed by atoms with Gasteiger partial charge in [-0.3, -0.25) is 9.69 Å². The van der Waals surface area contributed by atoms with Gasteiger partial charge in [0, 0.05) is 4.90 Å². The summed E-state index contributed by atoms with van der Waals surface area (Å²) >= 11 is 1.67. The Labute approximate surface area is 118 Å². The third-order valence-corrected chi connectivity index (χ3v) is 5.50. The Morgan fingerprint density at radius 1 is 0.895 bits per heavy atom. The number of amides is 1. The molecule has 4 heteroatoms. The molecule has 0 N–H and O–H groups in total. The van der Waals surface area contributed by atoms with Crippen molar-refractivity contribution < 1.29 is 4.79 Å². The summed E-state index contributed by atoms with van der Waals surface area (Å²) in [5.41, 5.74) is 2.00. The van der Waals surface area contributed by atoms with Gasteiger partial charge in [0.15, 0.2) is 0 Å². The van der Waals surface area contributed by atoms with Crippen LogP contribution in [0.3, 0.4) is 0 Å². The fraction of sp³-hybridized carbons (Fsp3) is 0. The minimum Gasteiger partial charge on any atom is -0.267 e. The summed E-state index contributed by atoms with van der Waals surface area (Å²) in [5, 5.41) is 0. The molecule has 2 nitrogen and oxygen atoms in total. The predicted octanol–water partition coefficient (Wildman–Crippen LogP) is 3.18. The Morgan fingerprint density at radius 3 is 2.47 bits per heavy atom. The number of hydrogen-bond donors (Lipinski definition) is 0. The van der Waals surface area contributed by atoms with Gasteiger partial charge in [-0.1, -0.05) is 54.2 Å². The van der Waals surface area contributed by atoms with E-state index in [4.69, 9.17) is 0 Å². The minimum atomic E-state index is 0.0867. The molecule has 2 aliphatic heterocycles. The van der Waals surface area contributed by atoms with Crippen molar-refractivity contribution in [3.63, 3.8) is 0 Å². The summed E-state index contributed by atoms with van der Waals surface area (Å²) < 4.78 is 1.05. The number of benzene rings is 2. The first kappa shape index (κ1) is 11.1. The number of fused-ring (bicyclic) bond motifs is 3. The number of anilines is 1. The molecule has 0 atom stereocenters. The monoisotopic (exact) mass is 283 g/mol. The maximum Gasteiger partial charge on any atom is 0.274 e. The number of hydrogen-bond acceptors (Lipinski definition) is 2. The lowest BCUT2D eigenvalue weighted by molar-refractivity contribution is -0.111. The Hall–Kier alpha value is -1.78. The molecule has 19 heavy (non-hydrogen) atoms. The minimum absolute atomic E-state index is 0.0867. The first-order chi connectivity index (χ1) is 9.34. The van der Waals surface area contributed by atoms with E-state index in [-0.39, 0.29) is 5.91 Å². The van der Waals surface area contributed by atoms with E-state index in [1.807, 2.05) is 53.4 Å². The van der Waals surface area contributed by atoms with Crippen molar-refractivity contribution in [3.05, 3.63) is 60.2 Å². The Bertz CT molecular complexity index is 761. The highest BCUT2D eigenvalue weighted by Crippen LogP contribution is 2.43. The van der Waals surface area contributed by atoms with Crippen LogP contribution >= 0.6 is 22.7 Å². The van der Waals surface area contributed by atoms with Crippen LogP contribution in [0.1, 0.15) is 5.56 Å². The Balaban J connectivity index is 1.85. The maximum absolute atomic E-state index is 12.6. The molecule has 0 fully saturated rings. The number of rotatable bonds is 1. The van der Waals surface area contributed by atoms with Gasteiger partial charge >= 0.3 is 0 Å². The molecule has 1 amide bonds. The molecule has 92 valence electrons. The normalized spacial score (nSPS) is 16.4. The van der Waals surface area contributed by atoms with Crippen LogP contribution in [0.2, 0.25) is 0 Å². The van der Waals surface area contributed by atoms with Gasteiger partial charge in [0.05, 0.1) is 5.69 Å². The first-order valence-electron chi connectivity index (χ1n) is 5.93. The largest absolute Gasteiger partial charge is 0.274 e. The second-order valence-corrected chi connectivity index (χ2v) is 6.56. The lowest BCUT2D eigenvalue weighted by atomic mass is 10.1. The molecule has 4 rings (SSSR count). The smallest absolute Gasteiger partial charge is 0.267 e. The van der Waals surface area contributed by atoms with E-state index >= 15 is 0 Å². The van der Waals surface area contributed by atoms with Gasteiger partial charge in [0.1, 0.15) is 9.19 Å². The van der Waals surface area contributed by atoms with E-state index < -0.39 is 0 Å². The molecule has 0 unspecified atom stereocenters. The molecule has 0 aliphatic carbocycles. The number of carbonyl (C=O) groups excluding carboxylic acids is 1. The van der Waals surface area contributed by atoms with Crippen LogP contribution < -0.4 is 4.90 Å². The van der Waals surface area contributed by atoms with Gasteiger partial charge in [0.2, 0.25) is 0 Å². The Morgan fingerprint density at radius 2 is 1.63 bits per heavy atom. The van der Waals surface area contributed by atoms with Gasteiger partial charge in [0.25, 0.3) is 5.91 Å². The van der Waals surface area contributed by atoms with Crippen molar-refractivity contribution >= 4 is 43.5 Å². The zero-order chi connectivity index (χ0) is 12.8. The fourth-order valence-corrected chi connectivity index (χ4v) is 4.67. The quantitative estimate of drug-likeness (QED) is 0.592. The molecule has 0 saturated carbocycles. The lowest BCUT2D eigenvalue weighted by Gasteiger charge is -2.12. The summed E-state index contributed by atoms with van der Waals surface area (Å²) in [5.74, 6) is 0.0867. The van der Waals surface area contributed by atoms with Crippen LogP contribution in [0.15, 0.2) is 59.5 Å². The number of carbonyl (C=O) groups is 1. The highest BCUT2D eigenvalue weighted by Gasteiger charge is 2.36. The van der Waals surface area contributed by atoms with E-state index in [9.17, 15) is 4.79 Å². The van der Waals surface area contributed by atoms with Crippen LogP contribution in [0.25, 0.3) is 0 Å². The van der Waals surface area contributed by atoms with E-state index in [2.05, 4.69) is 6.07 Å². The third-order valence-electron chi connectivity index (χ3n) is 3.11. The molecule has 0 spiro atoms. The molecule has 2 aromatic rings. The van der Waals surface area contributed by atoms with Gasteiger partial charge < -0.3 is 0 Å². The van der Waals surface area contributed by atoms with Crippen LogP contribution in [0, 0.1) is 0 Å². The topological polar surface area (TPSA) is 20.3 Å². The van der Waals surface area contributed by atoms with E-state index in [0.717, 1.165) is 25.3 Å². The van der Waals surface area contributed by atoms with E-state index in [1.165, 1.54) is 0 Å². The number of para-hydroxylation sites is 1. The molecule has 0 aromatic heterocycles. The summed E-state index contributed by atoms with van der Waals surface area (Å²) in [4.78, 5) is 16.4. The molecule has 0 saturated heterocycles. The summed E-state index contributed by atoms with van der Waals surface area (Å²) in [6.07, 6.45) is 0. The van der Waals surface area contributed by atoms with Crippen LogP contribution in [-0.2, 0) is 4.79 Å². The summed E-state index contributed by atoms with van der Waals surface area (Å²) in [6, 6.07) is 17.9. The van der Waals surface area contributed by atoms with E-state index in [1.54, 1.807) is 22.7 Å². The first-order valence-corrected chi connectivity index (χ1v) is 7.56. The molecular weight excluding hydrogens is 274 g/mol. The van der Waals surface area contributed by atoms with Gasteiger partial charge in [-0.25, -0.2) is 0 Å². The second-order valence-electron chi connectivity index (χ2n) is 4.27. The van der Waals surface area contributed by atoms with Crippen LogP contribution in [0.4, 0.5) is 5.69 Å². The van der Waals surface area contributed by atoms with Crippen molar-refractivity contribution in [2.24, 2.45) is 0 Å². The number of thioether (sulfide) groups is 1. The average Bonchev–Trinajstić information content (AvgIpc) is 2.97. The lowest BCUT2D eigenvalue weighted by Crippen LogP contribution is -2.32. The Kier molecular flexibility index (Phi) is 2.40. The maximum atomic E-state index is 12.6. The van der Waals surface area contributed by atoms with Gasteiger partial charge in [-0.05, 0) is 17.7 Å². The zero-order valence-corrected chi connectivity index (χ0v) is 11.5. The molecule has 0 bridgehead atoms. The van der Waals surface area contributed by atoms with Gasteiger partial charge in [-0.15, -0.1) is 10.9 Å². The van der Waals surface area contributed by atoms with Crippen LogP contribution in [-0.4, -0.2) is 15.1 Å². The molecule has 2 aliphatic rings. The van der Waals surface area contributed by atoms with Crippen molar-refractivity contribution in [2.75, 3.05) is 4.90 Å². The highest BCUT2D eigenvalue weighted by atomic mass is 32.2. The second kappa shape index (κ2) is 4.11.